The third-order valence-corrected chi connectivity index (χ3v) is 2.90. The number of carbonyl (C=O) groups is 1. The second-order valence-corrected chi connectivity index (χ2v) is 4.32. The molecule has 1 N–H and O–H groups in total. The van der Waals surface area contributed by atoms with Gasteiger partial charge in [-0.25, -0.2) is 0 Å². The molecule has 0 radical (unpaired) electrons. The summed E-state index contributed by atoms with van der Waals surface area (Å²) < 4.78 is 3.56. The van der Waals surface area contributed by atoms with E-state index in [1.54, 1.807) is 0 Å². The predicted octanol–water partition coefficient (Wildman–Crippen LogP) is 2.35. The molecule has 9 heteroatoms. The van der Waals surface area contributed by atoms with Crippen LogP contribution in [0.4, 0.5) is 10.7 Å². The Morgan fingerprint density at radius 2 is 2.28 bits per heavy atom. The summed E-state index contributed by atoms with van der Waals surface area (Å²) in [5.74, 6) is -0.629. The minimum atomic E-state index is -0.692. The highest BCUT2D eigenvalue weighted by Gasteiger charge is 2.23. The molecule has 18 heavy (non-hydrogen) atoms. The number of nitro groups is 1. The van der Waals surface area contributed by atoms with E-state index in [4.69, 9.17) is 11.6 Å². The van der Waals surface area contributed by atoms with Crippen LogP contribution in [-0.2, 0) is 0 Å². The molecule has 1 aromatic carbocycles. The summed E-state index contributed by atoms with van der Waals surface area (Å²) >= 11 is 6.68. The molecule has 1 heterocycles. The molecule has 0 fully saturated rings. The van der Waals surface area contributed by atoms with Gasteiger partial charge in [-0.1, -0.05) is 22.2 Å². The highest BCUT2D eigenvalue weighted by Crippen LogP contribution is 2.28. The molecule has 0 unspecified atom stereocenters. The van der Waals surface area contributed by atoms with Crippen molar-refractivity contribution in [3.05, 3.63) is 45.1 Å². The molecule has 0 aliphatic rings. The fourth-order valence-electron chi connectivity index (χ4n) is 1.29. The number of carbonyl (C=O) groups excluding carboxylic acids is 1. The van der Waals surface area contributed by atoms with Crippen molar-refractivity contribution >= 4 is 39.7 Å². The molecule has 7 nitrogen and oxygen atoms in total. The maximum atomic E-state index is 11.9. The summed E-state index contributed by atoms with van der Waals surface area (Å²) in [7, 11) is 0. The van der Waals surface area contributed by atoms with Crippen LogP contribution in [0.2, 0.25) is 5.02 Å². The lowest BCUT2D eigenvalue weighted by Gasteiger charge is -2.03. The molecule has 0 spiro atoms. The number of aromatic nitrogens is 2. The predicted molar refractivity (Wildman–Crippen MR) is 66.0 cm³/mol. The monoisotopic (exact) mass is 284 g/mol. The number of halogens is 1. The van der Waals surface area contributed by atoms with Crippen molar-refractivity contribution in [2.45, 2.75) is 0 Å². The third kappa shape index (κ3) is 2.44. The highest BCUT2D eigenvalue weighted by molar-refractivity contribution is 7.10. The number of amides is 1. The number of benzene rings is 1. The van der Waals surface area contributed by atoms with Gasteiger partial charge < -0.3 is 5.32 Å². The lowest BCUT2D eigenvalue weighted by atomic mass is 10.1. The first kappa shape index (κ1) is 12.4. The second kappa shape index (κ2) is 5.07. The fraction of sp³-hybridized carbons (Fsp3) is 0. The Hall–Kier alpha value is -2.06. The molecule has 1 amide bonds. The zero-order valence-corrected chi connectivity index (χ0v) is 10.2. The maximum Gasteiger partial charge on any atom is 0.300 e. The minimum absolute atomic E-state index is 0.0879. The number of nitrogens with zero attached hydrogens (tertiary/aromatic N) is 3. The van der Waals surface area contributed by atoms with Crippen LogP contribution >= 0.6 is 23.1 Å². The second-order valence-electron chi connectivity index (χ2n) is 3.13. The van der Waals surface area contributed by atoms with Gasteiger partial charge in [0.15, 0.2) is 0 Å². The molecule has 2 rings (SSSR count). The number of nitro benzene ring substituents is 1. The molecule has 0 atom stereocenters. The van der Waals surface area contributed by atoms with Gasteiger partial charge in [0.2, 0.25) is 0 Å². The van der Waals surface area contributed by atoms with Gasteiger partial charge in [-0.05, 0) is 12.1 Å². The molecule has 0 aliphatic carbocycles. The lowest BCUT2D eigenvalue weighted by molar-refractivity contribution is -0.385. The molecule has 2 aromatic rings. The first-order valence-electron chi connectivity index (χ1n) is 4.61. The van der Waals surface area contributed by atoms with Crippen LogP contribution < -0.4 is 5.32 Å². The van der Waals surface area contributed by atoms with Crippen LogP contribution in [0.15, 0.2) is 24.4 Å². The van der Waals surface area contributed by atoms with Crippen LogP contribution in [0.25, 0.3) is 0 Å². The third-order valence-electron chi connectivity index (χ3n) is 2.01. The molecule has 0 bridgehead atoms. The number of hydrogen-bond donors (Lipinski definition) is 1. The Balaban J connectivity index is 2.36. The Labute approximate surface area is 110 Å². The Bertz CT molecular complexity index is 602. The van der Waals surface area contributed by atoms with Crippen molar-refractivity contribution in [2.75, 3.05) is 5.32 Å². The average molecular weight is 285 g/mol. The van der Waals surface area contributed by atoms with Crippen molar-refractivity contribution < 1.29 is 9.72 Å². The van der Waals surface area contributed by atoms with E-state index in [1.165, 1.54) is 24.4 Å². The first-order chi connectivity index (χ1) is 8.59. The van der Waals surface area contributed by atoms with Gasteiger partial charge in [-0.2, -0.15) is 0 Å². The Kier molecular flexibility index (Phi) is 3.49. The van der Waals surface area contributed by atoms with Gasteiger partial charge in [-0.3, -0.25) is 14.9 Å². The maximum absolute atomic E-state index is 11.9. The van der Waals surface area contributed by atoms with Crippen LogP contribution in [-0.4, -0.2) is 20.4 Å². The van der Waals surface area contributed by atoms with Crippen LogP contribution in [0.1, 0.15) is 10.4 Å². The summed E-state index contributed by atoms with van der Waals surface area (Å²) in [6.45, 7) is 0. The van der Waals surface area contributed by atoms with Crippen molar-refractivity contribution in [3.63, 3.8) is 0 Å². The van der Waals surface area contributed by atoms with E-state index in [-0.39, 0.29) is 10.6 Å². The summed E-state index contributed by atoms with van der Waals surface area (Å²) in [5, 5.41) is 17.2. The SMILES string of the molecule is O=C(Nc1cnns1)c1cccc(Cl)c1[N+](=O)[O-]. The van der Waals surface area contributed by atoms with Gasteiger partial charge in [0.05, 0.1) is 11.1 Å². The summed E-state index contributed by atoms with van der Waals surface area (Å²) in [6.07, 6.45) is 1.35. The summed E-state index contributed by atoms with van der Waals surface area (Å²) in [6, 6.07) is 4.15. The molecule has 0 aliphatic heterocycles. The molecule has 0 saturated heterocycles. The number of hydrogen-bond acceptors (Lipinski definition) is 6. The van der Waals surface area contributed by atoms with Gasteiger partial charge in [-0.15, -0.1) is 5.10 Å². The van der Waals surface area contributed by atoms with Crippen LogP contribution in [0, 0.1) is 10.1 Å². The molecular formula is C9H5ClN4O3S. The van der Waals surface area contributed by atoms with Gasteiger partial charge >= 0.3 is 5.69 Å². The number of nitrogens with one attached hydrogen (secondary N) is 1. The molecule has 1 aromatic heterocycles. The van der Waals surface area contributed by atoms with E-state index in [0.717, 1.165) is 11.5 Å². The normalized spacial score (nSPS) is 10.1. The van der Waals surface area contributed by atoms with Crippen molar-refractivity contribution in [3.8, 4) is 0 Å². The fourth-order valence-corrected chi connectivity index (χ4v) is 1.94. The number of rotatable bonds is 3. The minimum Gasteiger partial charge on any atom is -0.311 e. The smallest absolute Gasteiger partial charge is 0.300 e. The largest absolute Gasteiger partial charge is 0.311 e. The first-order valence-corrected chi connectivity index (χ1v) is 5.76. The quantitative estimate of drug-likeness (QED) is 0.689. The Morgan fingerprint density at radius 3 is 2.89 bits per heavy atom. The van der Waals surface area contributed by atoms with E-state index < -0.39 is 16.5 Å². The Morgan fingerprint density at radius 1 is 1.50 bits per heavy atom. The standard InChI is InChI=1S/C9H5ClN4O3S/c10-6-3-1-2-5(8(6)14(16)17)9(15)12-7-4-11-13-18-7/h1-4H,(H,12,15). The lowest BCUT2D eigenvalue weighted by Crippen LogP contribution is -2.13. The topological polar surface area (TPSA) is 98.0 Å². The van der Waals surface area contributed by atoms with E-state index in [1.807, 2.05) is 0 Å². The molecule has 0 saturated carbocycles. The van der Waals surface area contributed by atoms with Gasteiger partial charge in [0, 0.05) is 11.5 Å². The van der Waals surface area contributed by atoms with E-state index in [0.29, 0.717) is 5.00 Å². The van der Waals surface area contributed by atoms with E-state index in [2.05, 4.69) is 14.9 Å². The van der Waals surface area contributed by atoms with Crippen molar-refractivity contribution in [2.24, 2.45) is 0 Å². The highest BCUT2D eigenvalue weighted by atomic mass is 35.5. The zero-order valence-electron chi connectivity index (χ0n) is 8.66. The molecular weight excluding hydrogens is 280 g/mol. The molecule has 92 valence electrons. The van der Waals surface area contributed by atoms with Gasteiger partial charge in [0.1, 0.15) is 15.6 Å². The zero-order chi connectivity index (χ0) is 13.1. The average Bonchev–Trinajstić information content (AvgIpc) is 2.80. The van der Waals surface area contributed by atoms with E-state index in [9.17, 15) is 14.9 Å². The van der Waals surface area contributed by atoms with Crippen LogP contribution in [0.5, 0.6) is 0 Å². The van der Waals surface area contributed by atoms with Crippen LogP contribution in [0.3, 0.4) is 0 Å². The van der Waals surface area contributed by atoms with E-state index >= 15 is 0 Å². The number of anilines is 1. The van der Waals surface area contributed by atoms with Crippen molar-refractivity contribution in [1.29, 1.82) is 0 Å². The summed E-state index contributed by atoms with van der Waals surface area (Å²) in [4.78, 5) is 22.0. The number of para-hydroxylation sites is 1. The van der Waals surface area contributed by atoms with Gasteiger partial charge in [0.25, 0.3) is 5.91 Å². The van der Waals surface area contributed by atoms with Crippen molar-refractivity contribution in [1.82, 2.24) is 9.59 Å². The summed E-state index contributed by atoms with van der Waals surface area (Å²) in [5.41, 5.74) is -0.532.